The minimum absolute atomic E-state index is 0.142. The van der Waals surface area contributed by atoms with Crippen molar-refractivity contribution < 1.29 is 9.53 Å². The number of amides is 1. The third-order valence-corrected chi connectivity index (χ3v) is 2.65. The number of carbonyl (C=O) groups excluding carboxylic acids is 1. The first kappa shape index (κ1) is 10.4. The highest BCUT2D eigenvalue weighted by Gasteiger charge is 2.25. The Balaban J connectivity index is 2.38. The van der Waals surface area contributed by atoms with Crippen molar-refractivity contribution in [2.45, 2.75) is 38.7 Å². The molecule has 0 aromatic heterocycles. The molecule has 1 amide bonds. The third-order valence-electron chi connectivity index (χ3n) is 2.65. The zero-order valence-electron chi connectivity index (χ0n) is 8.75. The quantitative estimate of drug-likeness (QED) is 0.627. The van der Waals surface area contributed by atoms with E-state index in [9.17, 15) is 4.79 Å². The number of carbonyl (C=O) groups is 1. The second-order valence-corrected chi connectivity index (χ2v) is 4.08. The average Bonchev–Trinajstić information content (AvgIpc) is 2.08. The molecule has 1 fully saturated rings. The largest absolute Gasteiger partial charge is 0.446 e. The second kappa shape index (κ2) is 4.49. The number of hydrogen-bond donors (Lipinski definition) is 0. The Hall–Kier alpha value is -0.730. The molecule has 0 aromatic carbocycles. The predicted octanol–water partition coefficient (Wildman–Crippen LogP) is 2.26. The zero-order chi connectivity index (χ0) is 9.84. The molecule has 1 saturated carbocycles. The maximum atomic E-state index is 11.3. The van der Waals surface area contributed by atoms with Crippen LogP contribution in [0.15, 0.2) is 0 Å². The fourth-order valence-corrected chi connectivity index (χ4v) is 1.69. The van der Waals surface area contributed by atoms with E-state index in [0.29, 0.717) is 5.92 Å². The van der Waals surface area contributed by atoms with E-state index < -0.39 is 0 Å². The lowest BCUT2D eigenvalue weighted by atomic mass is 9.88. The van der Waals surface area contributed by atoms with Crippen LogP contribution in [0.2, 0.25) is 0 Å². The average molecular weight is 185 g/mol. The van der Waals surface area contributed by atoms with Gasteiger partial charge in [0.25, 0.3) is 0 Å². The van der Waals surface area contributed by atoms with Gasteiger partial charge in [0.2, 0.25) is 0 Å². The lowest BCUT2D eigenvalue weighted by Crippen LogP contribution is -2.33. The van der Waals surface area contributed by atoms with Gasteiger partial charge in [0.15, 0.2) is 0 Å². The summed E-state index contributed by atoms with van der Waals surface area (Å²) in [4.78, 5) is 12.7. The highest BCUT2D eigenvalue weighted by molar-refractivity contribution is 5.66. The monoisotopic (exact) mass is 185 g/mol. The molecular weight excluding hydrogens is 166 g/mol. The summed E-state index contributed by atoms with van der Waals surface area (Å²) in [5.74, 6) is 0.526. The lowest BCUT2D eigenvalue weighted by molar-refractivity contribution is 0.0279. The van der Waals surface area contributed by atoms with Gasteiger partial charge in [-0.1, -0.05) is 13.3 Å². The Morgan fingerprint density at radius 1 is 1.31 bits per heavy atom. The van der Waals surface area contributed by atoms with Gasteiger partial charge in [-0.15, -0.1) is 0 Å². The van der Waals surface area contributed by atoms with Gasteiger partial charge in [-0.2, -0.15) is 0 Å². The Labute approximate surface area is 80.1 Å². The SMILES string of the molecule is CC1CCCCC1OC(=O)N(C)C. The van der Waals surface area contributed by atoms with Crippen molar-refractivity contribution in [3.63, 3.8) is 0 Å². The van der Waals surface area contributed by atoms with Gasteiger partial charge in [0.1, 0.15) is 6.10 Å². The third kappa shape index (κ3) is 2.90. The summed E-state index contributed by atoms with van der Waals surface area (Å²) in [6.45, 7) is 2.16. The van der Waals surface area contributed by atoms with E-state index in [0.717, 1.165) is 6.42 Å². The van der Waals surface area contributed by atoms with Gasteiger partial charge >= 0.3 is 6.09 Å². The van der Waals surface area contributed by atoms with Crippen molar-refractivity contribution in [3.05, 3.63) is 0 Å². The molecule has 76 valence electrons. The summed E-state index contributed by atoms with van der Waals surface area (Å²) in [5.41, 5.74) is 0. The van der Waals surface area contributed by atoms with Crippen LogP contribution in [0.4, 0.5) is 4.79 Å². The van der Waals surface area contributed by atoms with Crippen molar-refractivity contribution in [3.8, 4) is 0 Å². The van der Waals surface area contributed by atoms with Gasteiger partial charge in [0.05, 0.1) is 0 Å². The maximum absolute atomic E-state index is 11.3. The van der Waals surface area contributed by atoms with E-state index in [4.69, 9.17) is 4.74 Å². The highest BCUT2D eigenvalue weighted by atomic mass is 16.6. The van der Waals surface area contributed by atoms with Crippen LogP contribution in [0.25, 0.3) is 0 Å². The van der Waals surface area contributed by atoms with Crippen molar-refractivity contribution >= 4 is 6.09 Å². The van der Waals surface area contributed by atoms with Crippen LogP contribution in [-0.2, 0) is 4.74 Å². The van der Waals surface area contributed by atoms with E-state index in [1.165, 1.54) is 24.2 Å². The van der Waals surface area contributed by atoms with Crippen LogP contribution in [0.1, 0.15) is 32.6 Å². The topological polar surface area (TPSA) is 29.5 Å². The molecule has 0 spiro atoms. The molecule has 0 heterocycles. The molecule has 13 heavy (non-hydrogen) atoms. The van der Waals surface area contributed by atoms with Crippen molar-refractivity contribution in [1.29, 1.82) is 0 Å². The van der Waals surface area contributed by atoms with Gasteiger partial charge in [-0.25, -0.2) is 4.79 Å². The second-order valence-electron chi connectivity index (χ2n) is 4.08. The molecule has 0 N–H and O–H groups in total. The van der Waals surface area contributed by atoms with Crippen LogP contribution in [0.3, 0.4) is 0 Å². The van der Waals surface area contributed by atoms with E-state index in [1.54, 1.807) is 14.1 Å². The van der Waals surface area contributed by atoms with Gasteiger partial charge in [-0.3, -0.25) is 0 Å². The normalized spacial score (nSPS) is 28.2. The number of ether oxygens (including phenoxy) is 1. The standard InChI is InChI=1S/C10H19NO2/c1-8-6-4-5-7-9(8)13-10(12)11(2)3/h8-9H,4-7H2,1-3H3. The van der Waals surface area contributed by atoms with Crippen LogP contribution >= 0.6 is 0 Å². The van der Waals surface area contributed by atoms with Crippen LogP contribution in [0.5, 0.6) is 0 Å². The maximum Gasteiger partial charge on any atom is 0.409 e. The van der Waals surface area contributed by atoms with Crippen LogP contribution in [0, 0.1) is 5.92 Å². The predicted molar refractivity (Wildman–Crippen MR) is 51.6 cm³/mol. The van der Waals surface area contributed by atoms with E-state index >= 15 is 0 Å². The van der Waals surface area contributed by atoms with Gasteiger partial charge < -0.3 is 9.64 Å². The van der Waals surface area contributed by atoms with Crippen LogP contribution < -0.4 is 0 Å². The summed E-state index contributed by atoms with van der Waals surface area (Å²) in [7, 11) is 3.44. The summed E-state index contributed by atoms with van der Waals surface area (Å²) < 4.78 is 5.35. The molecule has 0 aliphatic heterocycles. The molecule has 0 bridgehead atoms. The Morgan fingerprint density at radius 2 is 1.92 bits per heavy atom. The molecule has 1 rings (SSSR count). The molecule has 0 radical (unpaired) electrons. The van der Waals surface area contributed by atoms with E-state index in [1.807, 2.05) is 0 Å². The Morgan fingerprint density at radius 3 is 2.46 bits per heavy atom. The molecule has 2 atom stereocenters. The van der Waals surface area contributed by atoms with Gasteiger partial charge in [0, 0.05) is 14.1 Å². The van der Waals surface area contributed by atoms with Crippen LogP contribution in [-0.4, -0.2) is 31.2 Å². The van der Waals surface area contributed by atoms with Gasteiger partial charge in [-0.05, 0) is 25.2 Å². The Kier molecular flexibility index (Phi) is 3.58. The highest BCUT2D eigenvalue weighted by Crippen LogP contribution is 2.26. The zero-order valence-corrected chi connectivity index (χ0v) is 8.75. The molecule has 3 heteroatoms. The molecule has 2 unspecified atom stereocenters. The number of hydrogen-bond acceptors (Lipinski definition) is 2. The van der Waals surface area contributed by atoms with Crippen molar-refractivity contribution in [2.24, 2.45) is 5.92 Å². The minimum atomic E-state index is -0.209. The first-order chi connectivity index (χ1) is 6.11. The lowest BCUT2D eigenvalue weighted by Gasteiger charge is -2.29. The number of nitrogens with zero attached hydrogens (tertiary/aromatic N) is 1. The molecular formula is C10H19NO2. The summed E-state index contributed by atoms with van der Waals surface area (Å²) in [6, 6.07) is 0. The van der Waals surface area contributed by atoms with E-state index in [2.05, 4.69) is 6.92 Å². The fourth-order valence-electron chi connectivity index (χ4n) is 1.69. The molecule has 0 aromatic rings. The smallest absolute Gasteiger partial charge is 0.409 e. The first-order valence-corrected chi connectivity index (χ1v) is 4.99. The Bertz CT molecular complexity index is 180. The van der Waals surface area contributed by atoms with E-state index in [-0.39, 0.29) is 12.2 Å². The van der Waals surface area contributed by atoms with Crippen molar-refractivity contribution in [1.82, 2.24) is 4.90 Å². The molecule has 1 aliphatic carbocycles. The summed E-state index contributed by atoms with van der Waals surface area (Å²) in [6.07, 6.45) is 4.61. The molecule has 3 nitrogen and oxygen atoms in total. The minimum Gasteiger partial charge on any atom is -0.446 e. The fraction of sp³-hybridized carbons (Fsp3) is 0.900. The molecule has 0 saturated heterocycles. The summed E-state index contributed by atoms with van der Waals surface area (Å²) >= 11 is 0. The number of rotatable bonds is 1. The van der Waals surface area contributed by atoms with Crippen molar-refractivity contribution in [2.75, 3.05) is 14.1 Å². The summed E-state index contributed by atoms with van der Waals surface area (Å²) in [5, 5.41) is 0. The first-order valence-electron chi connectivity index (χ1n) is 4.99. The molecule has 1 aliphatic rings.